The van der Waals surface area contributed by atoms with Crippen LogP contribution in [0.5, 0.6) is 11.5 Å². The molecule has 2 nitrogen and oxygen atoms in total. The second-order valence-corrected chi connectivity index (χ2v) is 5.01. The number of phenolic OH excluding ortho intramolecular Hbond substituents is 1. The maximum absolute atomic E-state index is 9.59. The lowest BCUT2D eigenvalue weighted by Crippen LogP contribution is -1.96. The Balaban J connectivity index is 2.18. The fourth-order valence-electron chi connectivity index (χ4n) is 2.47. The number of fused-ring (bicyclic) bond motifs is 3. The van der Waals surface area contributed by atoms with Gasteiger partial charge in [0, 0.05) is 5.56 Å². The van der Waals surface area contributed by atoms with Gasteiger partial charge in [-0.1, -0.05) is 36.9 Å². The van der Waals surface area contributed by atoms with Crippen molar-refractivity contribution in [3.8, 4) is 11.5 Å². The van der Waals surface area contributed by atoms with Gasteiger partial charge in [0.25, 0.3) is 0 Å². The van der Waals surface area contributed by atoms with Crippen LogP contribution in [0.3, 0.4) is 0 Å². The van der Waals surface area contributed by atoms with Crippen molar-refractivity contribution in [1.82, 2.24) is 0 Å². The number of hydrogen-bond acceptors (Lipinski definition) is 2. The Kier molecular flexibility index (Phi) is 3.07. The van der Waals surface area contributed by atoms with Crippen molar-refractivity contribution >= 4 is 10.8 Å². The SMILES string of the molecule is C=C1/C=C\C(=C)Oc2ccc3cc(O)ccc3c2CC1. The Morgan fingerprint density at radius 3 is 2.70 bits per heavy atom. The van der Waals surface area contributed by atoms with Gasteiger partial charge in [-0.3, -0.25) is 0 Å². The minimum Gasteiger partial charge on any atom is -0.508 e. The van der Waals surface area contributed by atoms with Gasteiger partial charge in [-0.15, -0.1) is 0 Å². The fourth-order valence-corrected chi connectivity index (χ4v) is 2.47. The number of aromatic hydroxyl groups is 1. The highest BCUT2D eigenvalue weighted by Gasteiger charge is 2.12. The molecule has 100 valence electrons. The molecule has 3 rings (SSSR count). The zero-order valence-corrected chi connectivity index (χ0v) is 11.2. The molecule has 20 heavy (non-hydrogen) atoms. The van der Waals surface area contributed by atoms with Gasteiger partial charge in [0.15, 0.2) is 0 Å². The summed E-state index contributed by atoms with van der Waals surface area (Å²) in [5.74, 6) is 1.71. The summed E-state index contributed by atoms with van der Waals surface area (Å²) < 4.78 is 5.82. The third-order valence-electron chi connectivity index (χ3n) is 3.51. The summed E-state index contributed by atoms with van der Waals surface area (Å²) in [4.78, 5) is 0. The number of ether oxygens (including phenoxy) is 1. The second kappa shape index (κ2) is 4.89. The molecule has 0 saturated heterocycles. The quantitative estimate of drug-likeness (QED) is 0.759. The van der Waals surface area contributed by atoms with E-state index in [1.807, 2.05) is 30.4 Å². The molecule has 1 heterocycles. The molecule has 0 amide bonds. The highest BCUT2D eigenvalue weighted by atomic mass is 16.5. The normalized spacial score (nSPS) is 16.8. The van der Waals surface area contributed by atoms with Gasteiger partial charge < -0.3 is 9.84 Å². The lowest BCUT2D eigenvalue weighted by molar-refractivity contribution is 0.443. The number of hydrogen-bond donors (Lipinski definition) is 1. The van der Waals surface area contributed by atoms with Gasteiger partial charge in [0.05, 0.1) is 0 Å². The van der Waals surface area contributed by atoms with E-state index in [0.717, 1.165) is 40.5 Å². The number of phenols is 1. The van der Waals surface area contributed by atoms with E-state index in [0.29, 0.717) is 5.76 Å². The van der Waals surface area contributed by atoms with Crippen LogP contribution in [0.2, 0.25) is 0 Å². The van der Waals surface area contributed by atoms with Gasteiger partial charge in [0.2, 0.25) is 0 Å². The van der Waals surface area contributed by atoms with Crippen LogP contribution in [0.1, 0.15) is 12.0 Å². The molecule has 0 saturated carbocycles. The molecule has 0 aromatic heterocycles. The topological polar surface area (TPSA) is 29.5 Å². The van der Waals surface area contributed by atoms with Crippen LogP contribution in [-0.4, -0.2) is 5.11 Å². The maximum Gasteiger partial charge on any atom is 0.131 e. The Bertz CT molecular complexity index is 738. The summed E-state index contributed by atoms with van der Waals surface area (Å²) in [7, 11) is 0. The van der Waals surface area contributed by atoms with Crippen LogP contribution in [0.15, 0.2) is 67.0 Å². The van der Waals surface area contributed by atoms with Crippen molar-refractivity contribution in [1.29, 1.82) is 0 Å². The predicted molar refractivity (Wildman–Crippen MR) is 82.0 cm³/mol. The highest BCUT2D eigenvalue weighted by Crippen LogP contribution is 2.33. The van der Waals surface area contributed by atoms with Crippen molar-refractivity contribution in [2.45, 2.75) is 12.8 Å². The van der Waals surface area contributed by atoms with Crippen molar-refractivity contribution in [2.75, 3.05) is 0 Å². The van der Waals surface area contributed by atoms with Crippen LogP contribution in [0, 0.1) is 0 Å². The van der Waals surface area contributed by atoms with E-state index in [9.17, 15) is 5.11 Å². The summed E-state index contributed by atoms with van der Waals surface area (Å²) in [5, 5.41) is 11.7. The van der Waals surface area contributed by atoms with Crippen molar-refractivity contribution in [2.24, 2.45) is 0 Å². The molecule has 0 aliphatic carbocycles. The van der Waals surface area contributed by atoms with E-state index in [2.05, 4.69) is 13.2 Å². The van der Waals surface area contributed by atoms with E-state index in [-0.39, 0.29) is 5.75 Å². The molecular formula is C18H16O2. The molecule has 0 unspecified atom stereocenters. The smallest absolute Gasteiger partial charge is 0.131 e. The van der Waals surface area contributed by atoms with E-state index < -0.39 is 0 Å². The minimum atomic E-state index is 0.275. The number of aryl methyl sites for hydroxylation is 1. The number of allylic oxidation sites excluding steroid dienone is 3. The van der Waals surface area contributed by atoms with Crippen LogP contribution >= 0.6 is 0 Å². The summed E-state index contributed by atoms with van der Waals surface area (Å²) in [6, 6.07) is 9.30. The van der Waals surface area contributed by atoms with Gasteiger partial charge in [-0.05, 0) is 47.9 Å². The number of benzene rings is 2. The van der Waals surface area contributed by atoms with Crippen molar-refractivity contribution in [3.63, 3.8) is 0 Å². The molecule has 1 aliphatic rings. The van der Waals surface area contributed by atoms with Gasteiger partial charge >= 0.3 is 0 Å². The van der Waals surface area contributed by atoms with Crippen molar-refractivity contribution < 1.29 is 9.84 Å². The van der Waals surface area contributed by atoms with E-state index in [4.69, 9.17) is 4.74 Å². The zero-order valence-electron chi connectivity index (χ0n) is 11.2. The first-order valence-electron chi connectivity index (χ1n) is 6.61. The van der Waals surface area contributed by atoms with Gasteiger partial charge in [-0.25, -0.2) is 0 Å². The predicted octanol–water partition coefficient (Wildman–Crippen LogP) is 4.50. The first kappa shape index (κ1) is 12.5. The first-order chi connectivity index (χ1) is 9.63. The van der Waals surface area contributed by atoms with Gasteiger partial charge in [-0.2, -0.15) is 0 Å². The van der Waals surface area contributed by atoms with Crippen LogP contribution < -0.4 is 4.74 Å². The summed E-state index contributed by atoms with van der Waals surface area (Å²) in [6.07, 6.45) is 5.52. The van der Waals surface area contributed by atoms with Gasteiger partial charge in [0.1, 0.15) is 17.3 Å². The molecule has 1 N–H and O–H groups in total. The Morgan fingerprint density at radius 2 is 1.85 bits per heavy atom. The lowest BCUT2D eigenvalue weighted by Gasteiger charge is -2.13. The Morgan fingerprint density at radius 1 is 1.00 bits per heavy atom. The molecule has 0 fully saturated rings. The van der Waals surface area contributed by atoms with E-state index in [1.165, 1.54) is 0 Å². The standard InChI is InChI=1S/C18H16O2/c1-12-3-5-13(2)20-18-10-6-14-11-15(19)7-9-16(14)17(18)8-4-12/h3,5-7,9-11,19H,1-2,4,8H2/b5-3-. The van der Waals surface area contributed by atoms with Crippen LogP contribution in [0.25, 0.3) is 10.8 Å². The maximum atomic E-state index is 9.59. The molecule has 0 bridgehead atoms. The third kappa shape index (κ3) is 2.32. The summed E-state index contributed by atoms with van der Waals surface area (Å²) in [5.41, 5.74) is 2.19. The summed E-state index contributed by atoms with van der Waals surface area (Å²) in [6.45, 7) is 7.93. The second-order valence-electron chi connectivity index (χ2n) is 5.01. The fraction of sp³-hybridized carbons (Fsp3) is 0.111. The average molecular weight is 264 g/mol. The molecule has 0 atom stereocenters. The Labute approximate surface area is 118 Å². The largest absolute Gasteiger partial charge is 0.508 e. The van der Waals surface area contributed by atoms with E-state index in [1.54, 1.807) is 12.1 Å². The monoisotopic (exact) mass is 264 g/mol. The molecule has 0 radical (unpaired) electrons. The van der Waals surface area contributed by atoms with Crippen molar-refractivity contribution in [3.05, 3.63) is 72.5 Å². The first-order valence-corrected chi connectivity index (χ1v) is 6.61. The summed E-state index contributed by atoms with van der Waals surface area (Å²) >= 11 is 0. The molecule has 0 spiro atoms. The van der Waals surface area contributed by atoms with E-state index >= 15 is 0 Å². The van der Waals surface area contributed by atoms with Crippen LogP contribution in [0.4, 0.5) is 0 Å². The third-order valence-corrected chi connectivity index (χ3v) is 3.51. The molecule has 2 heteroatoms. The molecule has 2 aromatic rings. The lowest BCUT2D eigenvalue weighted by atomic mass is 9.98. The van der Waals surface area contributed by atoms with Crippen LogP contribution in [-0.2, 0) is 6.42 Å². The molecular weight excluding hydrogens is 248 g/mol. The molecule has 2 aromatic carbocycles. The Hall–Kier alpha value is -2.48. The molecule has 1 aliphatic heterocycles. The highest BCUT2D eigenvalue weighted by molar-refractivity contribution is 5.89. The minimum absolute atomic E-state index is 0.275. The number of rotatable bonds is 0. The zero-order chi connectivity index (χ0) is 14.1. The average Bonchev–Trinajstić information content (AvgIpc) is 2.49.